The predicted molar refractivity (Wildman–Crippen MR) is 117 cm³/mol. The van der Waals surface area contributed by atoms with Crippen molar-refractivity contribution >= 4 is 45.2 Å². The van der Waals surface area contributed by atoms with Crippen LogP contribution in [-0.4, -0.2) is 61.4 Å². The third-order valence-electron chi connectivity index (χ3n) is 4.52. The lowest BCUT2D eigenvalue weighted by molar-refractivity contribution is -0.197. The number of carbonyl (C=O) groups excluding carboxylic acids is 4. The van der Waals surface area contributed by atoms with Crippen molar-refractivity contribution in [3.63, 3.8) is 0 Å². The molecule has 1 fully saturated rings. The number of nitrogens with one attached hydrogen (secondary N) is 2. The zero-order valence-corrected chi connectivity index (χ0v) is 19.5. The average Bonchev–Trinajstić information content (AvgIpc) is 3.14. The van der Waals surface area contributed by atoms with Crippen LogP contribution in [0.25, 0.3) is 0 Å². The SMILES string of the molecule is COc1cc(NS(=O)(=O)c2ccc(NC(=O)CCC(=O)ON3C(=O)CCC3=O)cc2)nc(OC)n1. The number of aromatic nitrogens is 2. The molecule has 1 aromatic carbocycles. The highest BCUT2D eigenvalue weighted by Crippen LogP contribution is 2.21. The van der Waals surface area contributed by atoms with E-state index >= 15 is 0 Å². The third-order valence-corrected chi connectivity index (χ3v) is 5.89. The Morgan fingerprint density at radius 1 is 1.00 bits per heavy atom. The van der Waals surface area contributed by atoms with Gasteiger partial charge in [-0.25, -0.2) is 13.2 Å². The Morgan fingerprint density at radius 2 is 1.66 bits per heavy atom. The maximum absolute atomic E-state index is 12.7. The Hall–Kier alpha value is -4.27. The van der Waals surface area contributed by atoms with Crippen molar-refractivity contribution < 1.29 is 41.9 Å². The number of hydrogen-bond acceptors (Lipinski definition) is 11. The smallest absolute Gasteiger partial charge is 0.333 e. The molecule has 15 heteroatoms. The molecular weight excluding hydrogens is 486 g/mol. The highest BCUT2D eigenvalue weighted by atomic mass is 32.2. The Bertz CT molecular complexity index is 1210. The monoisotopic (exact) mass is 507 g/mol. The number of nitrogens with zero attached hydrogens (tertiary/aromatic N) is 3. The molecule has 0 unspecified atom stereocenters. The zero-order valence-electron chi connectivity index (χ0n) is 18.6. The lowest BCUT2D eigenvalue weighted by atomic mass is 10.2. The molecule has 2 N–H and O–H groups in total. The number of sulfonamides is 1. The van der Waals surface area contributed by atoms with Crippen LogP contribution in [0, 0.1) is 0 Å². The van der Waals surface area contributed by atoms with Crippen molar-refractivity contribution in [1.29, 1.82) is 0 Å². The highest BCUT2D eigenvalue weighted by Gasteiger charge is 2.32. The highest BCUT2D eigenvalue weighted by molar-refractivity contribution is 7.92. The van der Waals surface area contributed by atoms with Gasteiger partial charge in [0, 0.05) is 31.0 Å². The summed E-state index contributed by atoms with van der Waals surface area (Å²) >= 11 is 0. The molecular formula is C20H21N5O9S. The third kappa shape index (κ3) is 6.63. The molecule has 2 aromatic rings. The van der Waals surface area contributed by atoms with E-state index in [0.717, 1.165) is 0 Å². The van der Waals surface area contributed by atoms with Gasteiger partial charge >= 0.3 is 12.0 Å². The first-order chi connectivity index (χ1) is 16.6. The minimum absolute atomic E-state index is 0.0325. The Morgan fingerprint density at radius 3 is 2.26 bits per heavy atom. The van der Waals surface area contributed by atoms with E-state index in [1.165, 1.54) is 44.6 Å². The fraction of sp³-hybridized carbons (Fsp3) is 0.300. The molecule has 0 atom stereocenters. The number of rotatable bonds is 10. The van der Waals surface area contributed by atoms with E-state index in [1.807, 2.05) is 0 Å². The van der Waals surface area contributed by atoms with Crippen molar-refractivity contribution in [3.8, 4) is 11.9 Å². The molecule has 186 valence electrons. The largest absolute Gasteiger partial charge is 0.481 e. The fourth-order valence-corrected chi connectivity index (χ4v) is 3.80. The number of ether oxygens (including phenoxy) is 2. The van der Waals surface area contributed by atoms with Gasteiger partial charge in [-0.3, -0.25) is 19.1 Å². The van der Waals surface area contributed by atoms with Gasteiger partial charge in [-0.1, -0.05) is 0 Å². The number of amides is 3. The number of methoxy groups -OCH3 is 2. The summed E-state index contributed by atoms with van der Waals surface area (Å²) in [6.07, 6.45) is -0.719. The van der Waals surface area contributed by atoms with E-state index in [2.05, 4.69) is 24.8 Å². The van der Waals surface area contributed by atoms with E-state index < -0.39 is 33.7 Å². The molecule has 35 heavy (non-hydrogen) atoms. The molecule has 14 nitrogen and oxygen atoms in total. The molecule has 0 saturated carbocycles. The van der Waals surface area contributed by atoms with Crippen LogP contribution >= 0.6 is 0 Å². The number of hydrogen-bond donors (Lipinski definition) is 2. The number of carbonyl (C=O) groups is 4. The van der Waals surface area contributed by atoms with E-state index in [1.54, 1.807) is 0 Å². The number of imide groups is 1. The fourth-order valence-electron chi connectivity index (χ4n) is 2.81. The normalized spacial score (nSPS) is 13.4. The minimum Gasteiger partial charge on any atom is -0.481 e. The Balaban J connectivity index is 1.55. The maximum Gasteiger partial charge on any atom is 0.333 e. The van der Waals surface area contributed by atoms with Crippen molar-refractivity contribution in [3.05, 3.63) is 30.3 Å². The predicted octanol–water partition coefficient (Wildman–Crippen LogP) is 0.620. The summed E-state index contributed by atoms with van der Waals surface area (Å²) in [6.45, 7) is 0. The maximum atomic E-state index is 12.7. The van der Waals surface area contributed by atoms with Crippen molar-refractivity contribution in [2.45, 2.75) is 30.6 Å². The second kappa shape index (κ2) is 10.8. The van der Waals surface area contributed by atoms with Crippen LogP contribution < -0.4 is 19.5 Å². The van der Waals surface area contributed by atoms with Gasteiger partial charge < -0.3 is 19.6 Å². The summed E-state index contributed by atoms with van der Waals surface area (Å²) in [5.74, 6) is -2.68. The lowest BCUT2D eigenvalue weighted by Gasteiger charge is -2.12. The second-order valence-electron chi connectivity index (χ2n) is 7.01. The van der Waals surface area contributed by atoms with Gasteiger partial charge in [0.15, 0.2) is 5.82 Å². The number of anilines is 2. The molecule has 1 aliphatic heterocycles. The van der Waals surface area contributed by atoms with Gasteiger partial charge in [0.2, 0.25) is 11.8 Å². The van der Waals surface area contributed by atoms with E-state index in [4.69, 9.17) is 9.47 Å². The molecule has 1 aliphatic rings. The molecule has 3 rings (SSSR count). The zero-order chi connectivity index (χ0) is 25.6. The minimum atomic E-state index is -4.04. The van der Waals surface area contributed by atoms with Gasteiger partial charge in [0.05, 0.1) is 25.5 Å². The summed E-state index contributed by atoms with van der Waals surface area (Å²) < 4.78 is 37.5. The van der Waals surface area contributed by atoms with Crippen molar-refractivity contribution in [2.24, 2.45) is 0 Å². The Labute approximate surface area is 199 Å². The molecule has 0 spiro atoms. The standard InChI is InChI=1S/C20H21N5O9S/c1-32-16-11-14(22-20(23-16)33-2)24-35(30,31)13-5-3-12(4-6-13)21-15(26)7-10-19(29)34-25-17(27)8-9-18(25)28/h3-6,11H,7-10H2,1-2H3,(H,21,26)(H,22,23,24). The molecule has 0 aliphatic carbocycles. The molecule has 0 radical (unpaired) electrons. The Kier molecular flexibility index (Phi) is 7.80. The molecule has 1 saturated heterocycles. The van der Waals surface area contributed by atoms with Crippen molar-refractivity contribution in [1.82, 2.24) is 15.0 Å². The number of benzene rings is 1. The van der Waals surface area contributed by atoms with Crippen LogP contribution in [0.1, 0.15) is 25.7 Å². The molecule has 0 bridgehead atoms. The van der Waals surface area contributed by atoms with E-state index in [9.17, 15) is 27.6 Å². The summed E-state index contributed by atoms with van der Waals surface area (Å²) in [7, 11) is -1.37. The molecule has 2 heterocycles. The number of hydroxylamine groups is 2. The topological polar surface area (TPSA) is 183 Å². The van der Waals surface area contributed by atoms with E-state index in [-0.39, 0.29) is 54.0 Å². The first kappa shape index (κ1) is 25.4. The summed E-state index contributed by atoms with van der Waals surface area (Å²) in [5, 5.41) is 2.91. The summed E-state index contributed by atoms with van der Waals surface area (Å²) in [6, 6.07) is 6.40. The van der Waals surface area contributed by atoms with Gasteiger partial charge in [-0.15, -0.1) is 5.06 Å². The average molecular weight is 507 g/mol. The molecule has 3 amide bonds. The second-order valence-corrected chi connectivity index (χ2v) is 8.69. The van der Waals surface area contributed by atoms with Crippen LogP contribution in [0.5, 0.6) is 11.9 Å². The quantitative estimate of drug-likeness (QED) is 0.430. The first-order valence-corrected chi connectivity index (χ1v) is 11.6. The van der Waals surface area contributed by atoms with Crippen LogP contribution in [0.3, 0.4) is 0 Å². The van der Waals surface area contributed by atoms with E-state index in [0.29, 0.717) is 5.06 Å². The summed E-state index contributed by atoms with van der Waals surface area (Å²) in [4.78, 5) is 59.1. The van der Waals surface area contributed by atoms with Crippen LogP contribution in [0.4, 0.5) is 11.5 Å². The van der Waals surface area contributed by atoms with Gasteiger partial charge in [0.1, 0.15) is 0 Å². The molecule has 1 aromatic heterocycles. The van der Waals surface area contributed by atoms with Gasteiger partial charge in [-0.2, -0.15) is 9.97 Å². The van der Waals surface area contributed by atoms with Crippen LogP contribution in [-0.2, 0) is 34.0 Å². The van der Waals surface area contributed by atoms with Gasteiger partial charge in [0.25, 0.3) is 21.8 Å². The lowest BCUT2D eigenvalue weighted by Crippen LogP contribution is -2.32. The van der Waals surface area contributed by atoms with Crippen molar-refractivity contribution in [2.75, 3.05) is 24.3 Å². The van der Waals surface area contributed by atoms with Gasteiger partial charge in [-0.05, 0) is 24.3 Å². The summed E-state index contributed by atoms with van der Waals surface area (Å²) in [5.41, 5.74) is 0.276. The first-order valence-electron chi connectivity index (χ1n) is 10.1. The van der Waals surface area contributed by atoms with Crippen LogP contribution in [0.2, 0.25) is 0 Å². The van der Waals surface area contributed by atoms with Crippen LogP contribution in [0.15, 0.2) is 35.2 Å².